The summed E-state index contributed by atoms with van der Waals surface area (Å²) in [7, 11) is 0. The van der Waals surface area contributed by atoms with Gasteiger partial charge in [-0.2, -0.15) is 0 Å². The quantitative estimate of drug-likeness (QED) is 0.465. The van der Waals surface area contributed by atoms with Crippen molar-refractivity contribution >= 4 is 29.1 Å². The monoisotopic (exact) mass is 420 g/mol. The Balaban J connectivity index is 1.49. The van der Waals surface area contributed by atoms with Crippen LogP contribution in [0.5, 0.6) is 0 Å². The van der Waals surface area contributed by atoms with Gasteiger partial charge in [0.25, 0.3) is 5.91 Å². The van der Waals surface area contributed by atoms with Gasteiger partial charge in [0.2, 0.25) is 0 Å². The molecule has 1 aromatic heterocycles. The molecule has 7 heteroatoms. The summed E-state index contributed by atoms with van der Waals surface area (Å²) in [4.78, 5) is 33.3. The second-order valence-corrected chi connectivity index (χ2v) is 7.96. The van der Waals surface area contributed by atoms with Gasteiger partial charge in [0.15, 0.2) is 10.9 Å². The van der Waals surface area contributed by atoms with Crippen LogP contribution in [0.4, 0.5) is 5.69 Å². The smallest absolute Gasteiger partial charge is 0.272 e. The Morgan fingerprint density at radius 2 is 1.57 bits per heavy atom. The molecule has 1 saturated heterocycles. The maximum Gasteiger partial charge on any atom is 0.272 e. The highest BCUT2D eigenvalue weighted by atomic mass is 32.2. The van der Waals surface area contributed by atoms with Crippen molar-refractivity contribution in [2.24, 2.45) is 0 Å². The second-order valence-electron chi connectivity index (χ2n) is 7.18. The number of nitrogens with zero attached hydrogens (tertiary/aromatic N) is 4. The van der Waals surface area contributed by atoms with Crippen molar-refractivity contribution in [1.29, 1.82) is 0 Å². The molecule has 0 radical (unpaired) electrons. The summed E-state index contributed by atoms with van der Waals surface area (Å²) >= 11 is 1.52. The summed E-state index contributed by atoms with van der Waals surface area (Å²) in [6.07, 6.45) is 3.64. The number of carbonyl (C=O) groups is 2. The number of benzene rings is 2. The van der Waals surface area contributed by atoms with Gasteiger partial charge in [-0.3, -0.25) is 14.2 Å². The van der Waals surface area contributed by atoms with Gasteiger partial charge in [0.05, 0.1) is 6.20 Å². The average molecular weight is 421 g/mol. The van der Waals surface area contributed by atoms with Crippen molar-refractivity contribution in [2.45, 2.75) is 12.1 Å². The first-order valence-electron chi connectivity index (χ1n) is 9.91. The third-order valence-corrected chi connectivity index (χ3v) is 6.00. The SMILES string of the molecule is CSc1ncc(C(=O)N2CCN(c3ccc(C(C)=O)cc3)CC2)n1-c1ccccc1. The van der Waals surface area contributed by atoms with E-state index >= 15 is 0 Å². The highest BCUT2D eigenvalue weighted by molar-refractivity contribution is 7.98. The van der Waals surface area contributed by atoms with E-state index in [1.54, 1.807) is 13.1 Å². The van der Waals surface area contributed by atoms with Gasteiger partial charge in [-0.1, -0.05) is 30.0 Å². The van der Waals surface area contributed by atoms with Crippen molar-refractivity contribution in [3.05, 3.63) is 72.1 Å². The molecule has 1 amide bonds. The predicted molar refractivity (Wildman–Crippen MR) is 120 cm³/mol. The van der Waals surface area contributed by atoms with E-state index in [0.717, 1.165) is 29.6 Å². The fraction of sp³-hybridized carbons (Fsp3) is 0.261. The van der Waals surface area contributed by atoms with Crippen LogP contribution in [-0.2, 0) is 0 Å². The molecule has 2 aromatic carbocycles. The molecule has 1 aliphatic heterocycles. The highest BCUT2D eigenvalue weighted by Crippen LogP contribution is 2.24. The van der Waals surface area contributed by atoms with E-state index in [4.69, 9.17) is 0 Å². The number of piperazine rings is 1. The molecule has 3 aromatic rings. The molecular formula is C23H24N4O2S. The van der Waals surface area contributed by atoms with Crippen LogP contribution in [0.3, 0.4) is 0 Å². The minimum atomic E-state index is -0.00164. The molecule has 0 spiro atoms. The Labute approximate surface area is 180 Å². The molecule has 0 aliphatic carbocycles. The van der Waals surface area contributed by atoms with E-state index in [0.29, 0.717) is 24.3 Å². The van der Waals surface area contributed by atoms with E-state index < -0.39 is 0 Å². The van der Waals surface area contributed by atoms with Gasteiger partial charge in [-0.15, -0.1) is 0 Å². The zero-order chi connectivity index (χ0) is 21.1. The first kappa shape index (κ1) is 20.2. The lowest BCUT2D eigenvalue weighted by molar-refractivity contribution is 0.0737. The Bertz CT molecular complexity index is 1040. The van der Waals surface area contributed by atoms with Gasteiger partial charge in [0, 0.05) is 43.1 Å². The number of para-hydroxylation sites is 1. The summed E-state index contributed by atoms with van der Waals surface area (Å²) in [6.45, 7) is 4.35. The molecule has 0 saturated carbocycles. The molecule has 30 heavy (non-hydrogen) atoms. The normalized spacial score (nSPS) is 14.1. The van der Waals surface area contributed by atoms with Crippen LogP contribution in [-0.4, -0.2) is 58.6 Å². The highest BCUT2D eigenvalue weighted by Gasteiger charge is 2.26. The van der Waals surface area contributed by atoms with E-state index in [-0.39, 0.29) is 11.7 Å². The summed E-state index contributed by atoms with van der Waals surface area (Å²) < 4.78 is 1.93. The number of Topliss-reactive ketones (excluding diaryl/α,β-unsaturated/α-hetero) is 1. The summed E-state index contributed by atoms with van der Waals surface area (Å²) in [5, 5.41) is 0.800. The summed E-state index contributed by atoms with van der Waals surface area (Å²) in [5.41, 5.74) is 3.31. The van der Waals surface area contributed by atoms with E-state index in [1.165, 1.54) is 11.8 Å². The van der Waals surface area contributed by atoms with Crippen LogP contribution >= 0.6 is 11.8 Å². The van der Waals surface area contributed by atoms with Gasteiger partial charge in [-0.05, 0) is 49.6 Å². The predicted octanol–water partition coefficient (Wildman–Crippen LogP) is 3.76. The molecule has 4 rings (SSSR count). The van der Waals surface area contributed by atoms with Crippen molar-refractivity contribution in [3.63, 3.8) is 0 Å². The molecule has 154 valence electrons. The molecule has 6 nitrogen and oxygen atoms in total. The van der Waals surface area contributed by atoms with E-state index in [9.17, 15) is 9.59 Å². The first-order chi connectivity index (χ1) is 14.6. The lowest BCUT2D eigenvalue weighted by Gasteiger charge is -2.36. The number of aromatic nitrogens is 2. The number of hydrogen-bond donors (Lipinski definition) is 0. The van der Waals surface area contributed by atoms with Crippen LogP contribution in [0.25, 0.3) is 5.69 Å². The lowest BCUT2D eigenvalue weighted by Crippen LogP contribution is -2.49. The fourth-order valence-electron chi connectivity index (χ4n) is 3.69. The molecule has 0 atom stereocenters. The number of carbonyl (C=O) groups excluding carboxylic acids is 2. The van der Waals surface area contributed by atoms with Gasteiger partial charge >= 0.3 is 0 Å². The molecule has 0 N–H and O–H groups in total. The Hall–Kier alpha value is -3.06. The van der Waals surface area contributed by atoms with Crippen LogP contribution < -0.4 is 4.90 Å². The molecule has 0 bridgehead atoms. The zero-order valence-corrected chi connectivity index (χ0v) is 17.9. The van der Waals surface area contributed by atoms with Crippen molar-refractivity contribution in [1.82, 2.24) is 14.5 Å². The molecule has 2 heterocycles. The minimum absolute atomic E-state index is 0.00164. The van der Waals surface area contributed by atoms with E-state index in [1.807, 2.05) is 70.3 Å². The molecule has 0 unspecified atom stereocenters. The first-order valence-corrected chi connectivity index (χ1v) is 11.1. The van der Waals surface area contributed by atoms with Gasteiger partial charge in [-0.25, -0.2) is 4.98 Å². The molecular weight excluding hydrogens is 396 g/mol. The number of thioether (sulfide) groups is 1. The average Bonchev–Trinajstić information content (AvgIpc) is 3.23. The van der Waals surface area contributed by atoms with E-state index in [2.05, 4.69) is 9.88 Å². The molecule has 1 aliphatic rings. The zero-order valence-electron chi connectivity index (χ0n) is 17.1. The van der Waals surface area contributed by atoms with Crippen LogP contribution in [0, 0.1) is 0 Å². The number of hydrogen-bond acceptors (Lipinski definition) is 5. The Morgan fingerprint density at radius 1 is 0.900 bits per heavy atom. The second kappa shape index (κ2) is 8.75. The number of rotatable bonds is 5. The van der Waals surface area contributed by atoms with Gasteiger partial charge < -0.3 is 9.80 Å². The standard InChI is InChI=1S/C23H24N4O2S/c1-17(28)18-8-10-19(11-9-18)25-12-14-26(15-13-25)22(29)21-16-24-23(30-2)27(21)20-6-4-3-5-7-20/h3-11,16H,12-15H2,1-2H3. The van der Waals surface area contributed by atoms with Crippen LogP contribution in [0.1, 0.15) is 27.8 Å². The van der Waals surface area contributed by atoms with Crippen molar-refractivity contribution in [3.8, 4) is 5.69 Å². The largest absolute Gasteiger partial charge is 0.368 e. The lowest BCUT2D eigenvalue weighted by atomic mass is 10.1. The number of ketones is 1. The van der Waals surface area contributed by atoms with Crippen LogP contribution in [0.2, 0.25) is 0 Å². The third-order valence-electron chi connectivity index (χ3n) is 5.35. The van der Waals surface area contributed by atoms with Crippen molar-refractivity contribution in [2.75, 3.05) is 37.3 Å². The minimum Gasteiger partial charge on any atom is -0.368 e. The third kappa shape index (κ3) is 3.98. The summed E-state index contributed by atoms with van der Waals surface area (Å²) in [6, 6.07) is 17.5. The summed E-state index contributed by atoms with van der Waals surface area (Å²) in [5.74, 6) is 0.0647. The maximum atomic E-state index is 13.3. The Kier molecular flexibility index (Phi) is 5.90. The van der Waals surface area contributed by atoms with Gasteiger partial charge in [0.1, 0.15) is 5.69 Å². The van der Waals surface area contributed by atoms with Crippen molar-refractivity contribution < 1.29 is 9.59 Å². The van der Waals surface area contributed by atoms with Crippen LogP contribution in [0.15, 0.2) is 66.0 Å². The molecule has 1 fully saturated rings. The number of imidazole rings is 1. The number of amides is 1. The number of anilines is 1. The Morgan fingerprint density at radius 3 is 2.17 bits per heavy atom. The fourth-order valence-corrected chi connectivity index (χ4v) is 4.24. The topological polar surface area (TPSA) is 58.4 Å². The maximum absolute atomic E-state index is 13.3.